The number of aromatic nitrogens is 3. The average Bonchev–Trinajstić information content (AvgIpc) is 3.06. The number of carbonyl (C=O) groups excluding carboxylic acids is 1. The largest absolute Gasteiger partial charge is 0.461 e. The lowest BCUT2D eigenvalue weighted by Gasteiger charge is -2.09. The van der Waals surface area contributed by atoms with E-state index in [4.69, 9.17) is 10.5 Å². The summed E-state index contributed by atoms with van der Waals surface area (Å²) in [5.74, 6) is 0.304. The molecule has 2 aromatic heterocycles. The summed E-state index contributed by atoms with van der Waals surface area (Å²) in [6.45, 7) is 2.12. The Kier molecular flexibility index (Phi) is 3.89. The molecular weight excluding hydrogens is 330 g/mol. The molecular formula is C19H17N5O2. The van der Waals surface area contributed by atoms with Crippen LogP contribution in [-0.4, -0.2) is 27.5 Å². The van der Waals surface area contributed by atoms with Crippen LogP contribution in [0.3, 0.4) is 0 Å². The molecule has 2 aromatic carbocycles. The van der Waals surface area contributed by atoms with Crippen LogP contribution in [0.25, 0.3) is 21.8 Å². The second-order valence-corrected chi connectivity index (χ2v) is 5.83. The predicted octanol–water partition coefficient (Wildman–Crippen LogP) is 3.61. The fraction of sp³-hybridized carbons (Fsp3) is 0.105. The Morgan fingerprint density at radius 3 is 2.92 bits per heavy atom. The SMILES string of the molecule is CCOC(=O)c1cc2cc(Nc3ncnc4ccc(N)cc34)ccc2[nH]1. The summed E-state index contributed by atoms with van der Waals surface area (Å²) >= 11 is 0. The number of anilines is 3. The van der Waals surface area contributed by atoms with Gasteiger partial charge in [-0.2, -0.15) is 0 Å². The lowest BCUT2D eigenvalue weighted by atomic mass is 10.2. The highest BCUT2D eigenvalue weighted by molar-refractivity contribution is 5.97. The smallest absolute Gasteiger partial charge is 0.354 e. The summed E-state index contributed by atoms with van der Waals surface area (Å²) in [6, 6.07) is 13.0. The molecule has 0 spiro atoms. The van der Waals surface area contributed by atoms with Crippen LogP contribution in [0.1, 0.15) is 17.4 Å². The third-order valence-electron chi connectivity index (χ3n) is 4.04. The van der Waals surface area contributed by atoms with E-state index < -0.39 is 0 Å². The van der Waals surface area contributed by atoms with Crippen LogP contribution in [0.5, 0.6) is 0 Å². The average molecular weight is 347 g/mol. The Bertz CT molecular complexity index is 1120. The van der Waals surface area contributed by atoms with E-state index in [0.717, 1.165) is 27.5 Å². The fourth-order valence-electron chi connectivity index (χ4n) is 2.84. The van der Waals surface area contributed by atoms with E-state index in [1.165, 1.54) is 6.33 Å². The molecule has 0 aliphatic heterocycles. The number of hydrogen-bond donors (Lipinski definition) is 3. The highest BCUT2D eigenvalue weighted by atomic mass is 16.5. The number of H-pyrrole nitrogens is 1. The molecule has 4 N–H and O–H groups in total. The number of nitrogens with one attached hydrogen (secondary N) is 2. The lowest BCUT2D eigenvalue weighted by Crippen LogP contribution is -2.04. The number of nitrogens with two attached hydrogens (primary N) is 1. The molecule has 7 nitrogen and oxygen atoms in total. The fourth-order valence-corrected chi connectivity index (χ4v) is 2.84. The van der Waals surface area contributed by atoms with Crippen LogP contribution in [-0.2, 0) is 4.74 Å². The Hall–Kier alpha value is -3.61. The maximum Gasteiger partial charge on any atom is 0.354 e. The lowest BCUT2D eigenvalue weighted by molar-refractivity contribution is 0.0520. The van der Waals surface area contributed by atoms with Gasteiger partial charge in [0.2, 0.25) is 0 Å². The first kappa shape index (κ1) is 15.9. The maximum absolute atomic E-state index is 11.9. The van der Waals surface area contributed by atoms with Crippen LogP contribution in [0.2, 0.25) is 0 Å². The van der Waals surface area contributed by atoms with Gasteiger partial charge in [0, 0.05) is 27.7 Å². The molecule has 0 amide bonds. The zero-order valence-corrected chi connectivity index (χ0v) is 14.1. The van der Waals surface area contributed by atoms with Crippen LogP contribution < -0.4 is 11.1 Å². The molecule has 0 atom stereocenters. The van der Waals surface area contributed by atoms with E-state index in [2.05, 4.69) is 20.3 Å². The van der Waals surface area contributed by atoms with Crippen LogP contribution in [0.4, 0.5) is 17.2 Å². The van der Waals surface area contributed by atoms with Crippen LogP contribution in [0.15, 0.2) is 48.8 Å². The Morgan fingerprint density at radius 2 is 2.08 bits per heavy atom. The van der Waals surface area contributed by atoms with Gasteiger partial charge in [0.1, 0.15) is 17.8 Å². The van der Waals surface area contributed by atoms with Crippen molar-refractivity contribution in [2.45, 2.75) is 6.92 Å². The van der Waals surface area contributed by atoms with Crippen LogP contribution in [0, 0.1) is 0 Å². The first-order chi connectivity index (χ1) is 12.6. The number of nitrogen functional groups attached to an aromatic ring is 1. The van der Waals surface area contributed by atoms with Gasteiger partial charge in [-0.05, 0) is 49.4 Å². The maximum atomic E-state index is 11.9. The van der Waals surface area contributed by atoms with E-state index >= 15 is 0 Å². The molecule has 0 unspecified atom stereocenters. The third kappa shape index (κ3) is 2.90. The van der Waals surface area contributed by atoms with E-state index in [9.17, 15) is 4.79 Å². The first-order valence-electron chi connectivity index (χ1n) is 8.21. The molecule has 7 heteroatoms. The molecule has 0 bridgehead atoms. The summed E-state index contributed by atoms with van der Waals surface area (Å²) in [7, 11) is 0. The predicted molar refractivity (Wildman–Crippen MR) is 101 cm³/mol. The first-order valence-corrected chi connectivity index (χ1v) is 8.21. The Labute approximate surface area is 149 Å². The van der Waals surface area contributed by atoms with E-state index in [0.29, 0.717) is 23.8 Å². The number of hydrogen-bond acceptors (Lipinski definition) is 6. The van der Waals surface area contributed by atoms with Crippen molar-refractivity contribution < 1.29 is 9.53 Å². The monoisotopic (exact) mass is 347 g/mol. The summed E-state index contributed by atoms with van der Waals surface area (Å²) in [4.78, 5) is 23.5. The van der Waals surface area contributed by atoms with Gasteiger partial charge >= 0.3 is 5.97 Å². The summed E-state index contributed by atoms with van der Waals surface area (Å²) in [6.07, 6.45) is 1.51. The summed E-state index contributed by atoms with van der Waals surface area (Å²) in [5.41, 5.74) is 9.47. The third-order valence-corrected chi connectivity index (χ3v) is 4.04. The molecule has 26 heavy (non-hydrogen) atoms. The van der Waals surface area contributed by atoms with Crippen LogP contribution >= 0.6 is 0 Å². The van der Waals surface area contributed by atoms with Gasteiger partial charge in [-0.1, -0.05) is 0 Å². The number of benzene rings is 2. The molecule has 2 heterocycles. The number of rotatable bonds is 4. The molecule has 0 radical (unpaired) electrons. The van der Waals surface area contributed by atoms with Crippen molar-refractivity contribution in [1.29, 1.82) is 0 Å². The molecule has 0 aliphatic rings. The van der Waals surface area contributed by atoms with Gasteiger partial charge in [-0.15, -0.1) is 0 Å². The highest BCUT2D eigenvalue weighted by Crippen LogP contribution is 2.27. The van der Waals surface area contributed by atoms with Crippen molar-refractivity contribution in [3.8, 4) is 0 Å². The zero-order valence-electron chi connectivity index (χ0n) is 14.1. The second-order valence-electron chi connectivity index (χ2n) is 5.83. The second kappa shape index (κ2) is 6.36. The molecule has 130 valence electrons. The number of aromatic amines is 1. The normalized spacial score (nSPS) is 11.0. The molecule has 0 fully saturated rings. The van der Waals surface area contributed by atoms with Crippen molar-refractivity contribution in [2.24, 2.45) is 0 Å². The zero-order chi connectivity index (χ0) is 18.1. The highest BCUT2D eigenvalue weighted by Gasteiger charge is 2.11. The number of carbonyl (C=O) groups is 1. The van der Waals surface area contributed by atoms with Crippen molar-refractivity contribution in [3.05, 3.63) is 54.5 Å². The van der Waals surface area contributed by atoms with Gasteiger partial charge in [0.05, 0.1) is 12.1 Å². The van der Waals surface area contributed by atoms with Crippen molar-refractivity contribution in [3.63, 3.8) is 0 Å². The molecule has 0 saturated heterocycles. The minimum atomic E-state index is -0.365. The Balaban J connectivity index is 1.69. The molecule has 4 aromatic rings. The van der Waals surface area contributed by atoms with Gasteiger partial charge in [-0.3, -0.25) is 0 Å². The standard InChI is InChI=1S/C19H17N5O2/c1-2-26-19(25)17-8-11-7-13(4-6-15(11)24-17)23-18-14-9-12(20)3-5-16(14)21-10-22-18/h3-10,24H,2,20H2,1H3,(H,21,22,23). The van der Waals surface area contributed by atoms with Crippen molar-refractivity contribution in [2.75, 3.05) is 17.7 Å². The minimum absolute atomic E-state index is 0.338. The van der Waals surface area contributed by atoms with E-state index in [1.54, 1.807) is 13.0 Å². The molecule has 0 saturated carbocycles. The topological polar surface area (TPSA) is 106 Å². The van der Waals surface area contributed by atoms with Gasteiger partial charge in [-0.25, -0.2) is 14.8 Å². The van der Waals surface area contributed by atoms with Gasteiger partial charge in [0.25, 0.3) is 0 Å². The number of nitrogens with zero attached hydrogens (tertiary/aromatic N) is 2. The van der Waals surface area contributed by atoms with E-state index in [1.807, 2.05) is 36.4 Å². The Morgan fingerprint density at radius 1 is 1.19 bits per heavy atom. The van der Waals surface area contributed by atoms with Crippen molar-refractivity contribution in [1.82, 2.24) is 15.0 Å². The summed E-state index contributed by atoms with van der Waals surface area (Å²) in [5, 5.41) is 5.03. The summed E-state index contributed by atoms with van der Waals surface area (Å²) < 4.78 is 5.03. The molecule has 4 rings (SSSR count). The van der Waals surface area contributed by atoms with Gasteiger partial charge < -0.3 is 20.8 Å². The number of fused-ring (bicyclic) bond motifs is 2. The van der Waals surface area contributed by atoms with Gasteiger partial charge in [0.15, 0.2) is 0 Å². The molecule has 0 aliphatic carbocycles. The van der Waals surface area contributed by atoms with E-state index in [-0.39, 0.29) is 5.97 Å². The minimum Gasteiger partial charge on any atom is -0.461 e. The number of ether oxygens (including phenoxy) is 1. The number of esters is 1. The van der Waals surface area contributed by atoms with Crippen molar-refractivity contribution >= 4 is 45.0 Å². The quantitative estimate of drug-likeness (QED) is 0.385.